The van der Waals surface area contributed by atoms with Crippen LogP contribution in [-0.2, 0) is 21.7 Å². The Morgan fingerprint density at radius 2 is 1.95 bits per heavy atom. The van der Waals surface area contributed by atoms with Gasteiger partial charge in [-0.3, -0.25) is 9.36 Å². The number of alkyl halides is 3. The van der Waals surface area contributed by atoms with Crippen molar-refractivity contribution >= 4 is 17.7 Å². The van der Waals surface area contributed by atoms with E-state index in [0.29, 0.717) is 5.16 Å². The number of halogens is 3. The molecule has 0 aliphatic carbocycles. The van der Waals surface area contributed by atoms with Crippen LogP contribution in [-0.4, -0.2) is 44.4 Å². The monoisotopic (exact) mass is 327 g/mol. The summed E-state index contributed by atoms with van der Waals surface area (Å²) in [6.07, 6.45) is -4.41. The fourth-order valence-electron chi connectivity index (χ4n) is 1.55. The molecule has 0 aromatic carbocycles. The molecule has 0 aliphatic heterocycles. The smallest absolute Gasteiger partial charge is 0.411 e. The highest BCUT2D eigenvalue weighted by atomic mass is 32.2. The molecule has 21 heavy (non-hydrogen) atoms. The van der Waals surface area contributed by atoms with Gasteiger partial charge in [-0.2, -0.15) is 13.2 Å². The summed E-state index contributed by atoms with van der Waals surface area (Å²) >= 11 is 0.954. The molecule has 0 saturated heterocycles. The first-order valence-electron chi connectivity index (χ1n) is 5.94. The lowest BCUT2D eigenvalue weighted by molar-refractivity contribution is -0.177. The van der Waals surface area contributed by atoms with Crippen molar-refractivity contribution in [3.63, 3.8) is 0 Å². The first-order valence-corrected chi connectivity index (χ1v) is 6.93. The van der Waals surface area contributed by atoms with Crippen LogP contribution >= 0.6 is 11.8 Å². The van der Waals surface area contributed by atoms with Crippen molar-refractivity contribution in [2.45, 2.75) is 44.2 Å². The summed E-state index contributed by atoms with van der Waals surface area (Å²) in [7, 11) is 0. The molecule has 1 N–H and O–H groups in total. The van der Waals surface area contributed by atoms with Crippen molar-refractivity contribution in [3.05, 3.63) is 5.82 Å². The van der Waals surface area contributed by atoms with Gasteiger partial charge in [0.05, 0.1) is 5.75 Å². The lowest BCUT2D eigenvalue weighted by atomic mass is 10.1. The second-order valence-electron chi connectivity index (χ2n) is 5.20. The fourth-order valence-corrected chi connectivity index (χ4v) is 2.41. The summed E-state index contributed by atoms with van der Waals surface area (Å²) in [6.45, 7) is 3.72. The van der Waals surface area contributed by atoms with E-state index in [-0.39, 0.29) is 18.2 Å². The topological polar surface area (TPSA) is 77.2 Å². The van der Waals surface area contributed by atoms with Crippen molar-refractivity contribution in [2.75, 3.05) is 12.4 Å². The summed E-state index contributed by atoms with van der Waals surface area (Å²) in [6, 6.07) is 0. The van der Waals surface area contributed by atoms with Gasteiger partial charge < -0.3 is 9.84 Å². The van der Waals surface area contributed by atoms with E-state index >= 15 is 0 Å². The highest BCUT2D eigenvalue weighted by molar-refractivity contribution is 7.99. The second-order valence-corrected chi connectivity index (χ2v) is 6.14. The number of carboxylic acids is 1. The third kappa shape index (κ3) is 5.92. The zero-order chi connectivity index (χ0) is 16.3. The Bertz CT molecular complexity index is 497. The first-order chi connectivity index (χ1) is 9.50. The standard InChI is InChI=1S/C11H16F3N3O3S/c1-10(2,3)17-7(4-20-6-11(12,13)14)15-16-9(17)21-5-8(18)19/h4-6H2,1-3H3,(H,18,19). The van der Waals surface area contributed by atoms with Gasteiger partial charge in [0.25, 0.3) is 0 Å². The molecule has 1 rings (SSSR count). The molecule has 0 amide bonds. The van der Waals surface area contributed by atoms with Gasteiger partial charge in [-0.1, -0.05) is 11.8 Å². The molecule has 0 fully saturated rings. The quantitative estimate of drug-likeness (QED) is 0.808. The highest BCUT2D eigenvalue weighted by Gasteiger charge is 2.29. The Labute approximate surface area is 123 Å². The lowest BCUT2D eigenvalue weighted by Crippen LogP contribution is -2.26. The van der Waals surface area contributed by atoms with Crippen LogP contribution in [0.3, 0.4) is 0 Å². The lowest BCUT2D eigenvalue weighted by Gasteiger charge is -2.24. The molecule has 1 aromatic heterocycles. The minimum atomic E-state index is -4.41. The number of thioether (sulfide) groups is 1. The van der Waals surface area contributed by atoms with Crippen LogP contribution in [0.1, 0.15) is 26.6 Å². The number of hydrogen-bond acceptors (Lipinski definition) is 5. The molecule has 0 radical (unpaired) electrons. The molecule has 0 unspecified atom stereocenters. The minimum Gasteiger partial charge on any atom is -0.481 e. The van der Waals surface area contributed by atoms with Crippen LogP contribution in [0.15, 0.2) is 5.16 Å². The minimum absolute atomic E-state index is 0.211. The summed E-state index contributed by atoms with van der Waals surface area (Å²) in [5.74, 6) is -1.00. The molecule has 0 aliphatic rings. The largest absolute Gasteiger partial charge is 0.481 e. The first kappa shape index (κ1) is 17.8. The number of ether oxygens (including phenoxy) is 1. The SMILES string of the molecule is CC(C)(C)n1c(COCC(F)(F)F)nnc1SCC(=O)O. The Hall–Kier alpha value is -1.29. The molecule has 0 saturated carbocycles. The van der Waals surface area contributed by atoms with Crippen LogP contribution in [0.4, 0.5) is 13.2 Å². The number of aromatic nitrogens is 3. The summed E-state index contributed by atoms with van der Waals surface area (Å²) < 4.78 is 42.4. The van der Waals surface area contributed by atoms with Crippen molar-refractivity contribution in [1.29, 1.82) is 0 Å². The zero-order valence-electron chi connectivity index (χ0n) is 11.8. The molecule has 0 spiro atoms. The number of aliphatic carboxylic acids is 1. The molecule has 1 heterocycles. The van der Waals surface area contributed by atoms with E-state index in [2.05, 4.69) is 14.9 Å². The third-order valence-corrected chi connectivity index (χ3v) is 3.11. The molecule has 120 valence electrons. The van der Waals surface area contributed by atoms with E-state index in [1.807, 2.05) is 20.8 Å². The Balaban J connectivity index is 2.86. The van der Waals surface area contributed by atoms with Crippen LogP contribution < -0.4 is 0 Å². The summed E-state index contributed by atoms with van der Waals surface area (Å²) in [4.78, 5) is 10.6. The molecule has 10 heteroatoms. The van der Waals surface area contributed by atoms with E-state index in [1.54, 1.807) is 4.57 Å². The van der Waals surface area contributed by atoms with E-state index in [9.17, 15) is 18.0 Å². The van der Waals surface area contributed by atoms with Crippen molar-refractivity contribution < 1.29 is 27.8 Å². The van der Waals surface area contributed by atoms with Crippen molar-refractivity contribution in [1.82, 2.24) is 14.8 Å². The van der Waals surface area contributed by atoms with Gasteiger partial charge in [0.2, 0.25) is 0 Å². The van der Waals surface area contributed by atoms with Crippen LogP contribution in [0.25, 0.3) is 0 Å². The molecular weight excluding hydrogens is 311 g/mol. The van der Waals surface area contributed by atoms with E-state index < -0.39 is 24.3 Å². The van der Waals surface area contributed by atoms with Gasteiger partial charge in [0, 0.05) is 5.54 Å². The van der Waals surface area contributed by atoms with Gasteiger partial charge in [-0.25, -0.2) is 0 Å². The van der Waals surface area contributed by atoms with Gasteiger partial charge in [0.15, 0.2) is 11.0 Å². The molecule has 0 atom stereocenters. The van der Waals surface area contributed by atoms with E-state index in [0.717, 1.165) is 11.8 Å². The Kier molecular flexibility index (Phi) is 5.62. The summed E-state index contributed by atoms with van der Waals surface area (Å²) in [5, 5.41) is 16.6. The van der Waals surface area contributed by atoms with Crippen molar-refractivity contribution in [3.8, 4) is 0 Å². The highest BCUT2D eigenvalue weighted by Crippen LogP contribution is 2.26. The Morgan fingerprint density at radius 1 is 1.33 bits per heavy atom. The molecule has 6 nitrogen and oxygen atoms in total. The number of rotatable bonds is 6. The average Bonchev–Trinajstić information content (AvgIpc) is 2.67. The maximum atomic E-state index is 12.1. The van der Waals surface area contributed by atoms with E-state index in [1.165, 1.54) is 0 Å². The van der Waals surface area contributed by atoms with Gasteiger partial charge in [-0.15, -0.1) is 10.2 Å². The van der Waals surface area contributed by atoms with Crippen LogP contribution in [0.5, 0.6) is 0 Å². The Morgan fingerprint density at radius 3 is 2.43 bits per heavy atom. The predicted molar refractivity (Wildman–Crippen MR) is 69.1 cm³/mol. The summed E-state index contributed by atoms with van der Waals surface area (Å²) in [5.41, 5.74) is -0.513. The van der Waals surface area contributed by atoms with Crippen LogP contribution in [0.2, 0.25) is 0 Å². The number of hydrogen-bond donors (Lipinski definition) is 1. The zero-order valence-corrected chi connectivity index (χ0v) is 12.6. The fraction of sp³-hybridized carbons (Fsp3) is 0.727. The second kappa shape index (κ2) is 6.65. The van der Waals surface area contributed by atoms with Crippen molar-refractivity contribution in [2.24, 2.45) is 0 Å². The maximum absolute atomic E-state index is 12.1. The van der Waals surface area contributed by atoms with Gasteiger partial charge in [-0.05, 0) is 20.8 Å². The average molecular weight is 327 g/mol. The molecule has 0 bridgehead atoms. The number of nitrogens with zero attached hydrogens (tertiary/aromatic N) is 3. The van der Waals surface area contributed by atoms with Crippen LogP contribution in [0, 0.1) is 0 Å². The maximum Gasteiger partial charge on any atom is 0.411 e. The number of carboxylic acid groups (broad SMARTS) is 1. The molecule has 1 aromatic rings. The molecular formula is C11H16F3N3O3S. The van der Waals surface area contributed by atoms with E-state index in [4.69, 9.17) is 5.11 Å². The van der Waals surface area contributed by atoms with Gasteiger partial charge in [0.1, 0.15) is 13.2 Å². The number of carbonyl (C=O) groups is 1. The van der Waals surface area contributed by atoms with Gasteiger partial charge >= 0.3 is 12.1 Å². The predicted octanol–water partition coefficient (Wildman–Crippen LogP) is 2.29. The third-order valence-electron chi connectivity index (χ3n) is 2.19. The normalized spacial score (nSPS) is 12.7.